The third kappa shape index (κ3) is 35.2. The lowest BCUT2D eigenvalue weighted by atomic mass is 10.2. The van der Waals surface area contributed by atoms with E-state index < -0.39 is 11.6 Å². The van der Waals surface area contributed by atoms with Crippen molar-refractivity contribution < 1.29 is 33.8 Å². The first-order chi connectivity index (χ1) is 17.2. The van der Waals surface area contributed by atoms with E-state index in [2.05, 4.69) is 5.32 Å². The molecule has 0 spiro atoms. The number of nitrogens with one attached hydrogen (secondary N) is 1. The number of rotatable bonds is 18. The van der Waals surface area contributed by atoms with E-state index in [9.17, 15) is 19.2 Å². The first-order valence-corrected chi connectivity index (χ1v) is 17.2. The zero-order valence-electron chi connectivity index (χ0n) is 23.1. The number of aliphatic carboxylic acids is 1. The third-order valence-electron chi connectivity index (χ3n) is 3.50. The van der Waals surface area contributed by atoms with Crippen molar-refractivity contribution in [1.82, 2.24) is 5.32 Å². The summed E-state index contributed by atoms with van der Waals surface area (Å²) in [5.74, 6) is 2.05. The second-order valence-corrected chi connectivity index (χ2v) is 15.1. The zero-order valence-corrected chi connectivity index (χ0v) is 26.4. The average molecular weight is 603 g/mol. The van der Waals surface area contributed by atoms with E-state index in [4.69, 9.17) is 20.3 Å². The van der Waals surface area contributed by atoms with Crippen molar-refractivity contribution in [1.29, 1.82) is 0 Å². The molecule has 9 nitrogen and oxygen atoms in total. The van der Waals surface area contributed by atoms with E-state index in [1.807, 2.05) is 41.5 Å². The maximum atomic E-state index is 11.5. The van der Waals surface area contributed by atoms with Crippen LogP contribution in [0.15, 0.2) is 0 Å². The highest BCUT2D eigenvalue weighted by atomic mass is 33.1. The number of hydrogen-bond acceptors (Lipinski definition) is 11. The molecule has 4 N–H and O–H groups in total. The van der Waals surface area contributed by atoms with Crippen molar-refractivity contribution in [2.45, 2.75) is 91.3 Å². The van der Waals surface area contributed by atoms with Crippen LogP contribution in [-0.4, -0.2) is 76.2 Å². The summed E-state index contributed by atoms with van der Waals surface area (Å²) in [4.78, 5) is 44.3. The molecule has 218 valence electrons. The SMILES string of the molecule is CC(C)(C)OC(=O)CCCSSCCN.CC(C)(C)OC(=O)CCCSSCCNC(=O)CCC(=O)O. The van der Waals surface area contributed by atoms with Gasteiger partial charge in [-0.05, 0) is 54.4 Å². The molecule has 0 aliphatic heterocycles. The van der Waals surface area contributed by atoms with Crippen molar-refractivity contribution in [3.8, 4) is 0 Å². The van der Waals surface area contributed by atoms with Crippen molar-refractivity contribution in [3.63, 3.8) is 0 Å². The molecule has 0 aromatic heterocycles. The largest absolute Gasteiger partial charge is 0.481 e. The van der Waals surface area contributed by atoms with Crippen LogP contribution in [0.2, 0.25) is 0 Å². The Morgan fingerprint density at radius 2 is 1.14 bits per heavy atom. The van der Waals surface area contributed by atoms with Gasteiger partial charge in [-0.15, -0.1) is 0 Å². The van der Waals surface area contributed by atoms with Gasteiger partial charge in [0.2, 0.25) is 5.91 Å². The maximum Gasteiger partial charge on any atom is 0.306 e. The molecule has 0 radical (unpaired) electrons. The Labute approximate surface area is 238 Å². The fraction of sp³-hybridized carbons (Fsp3) is 0.833. The molecule has 0 atom stereocenters. The second kappa shape index (κ2) is 23.2. The molecule has 0 saturated carbocycles. The van der Waals surface area contributed by atoms with Crippen LogP contribution in [0.3, 0.4) is 0 Å². The van der Waals surface area contributed by atoms with Gasteiger partial charge in [0.05, 0.1) is 6.42 Å². The molecule has 1 amide bonds. The summed E-state index contributed by atoms with van der Waals surface area (Å²) in [6, 6.07) is 0. The van der Waals surface area contributed by atoms with Crippen molar-refractivity contribution in [2.75, 3.05) is 36.1 Å². The summed E-state index contributed by atoms with van der Waals surface area (Å²) in [7, 11) is 6.79. The van der Waals surface area contributed by atoms with E-state index >= 15 is 0 Å². The van der Waals surface area contributed by atoms with Crippen molar-refractivity contribution in [3.05, 3.63) is 0 Å². The van der Waals surface area contributed by atoms with Crippen LogP contribution in [0.4, 0.5) is 0 Å². The highest BCUT2D eigenvalue weighted by Gasteiger charge is 2.16. The molecule has 0 fully saturated rings. The number of carboxylic acid groups (broad SMARTS) is 1. The molecule has 0 aromatic carbocycles. The number of carboxylic acids is 1. The number of ether oxygens (including phenoxy) is 2. The van der Waals surface area contributed by atoms with Gasteiger partial charge in [0.15, 0.2) is 0 Å². The molecule has 0 aromatic rings. The van der Waals surface area contributed by atoms with Crippen LogP contribution in [0.5, 0.6) is 0 Å². The molecule has 0 unspecified atom stereocenters. The van der Waals surface area contributed by atoms with Gasteiger partial charge >= 0.3 is 17.9 Å². The normalized spacial score (nSPS) is 11.2. The number of esters is 2. The molecule has 0 aliphatic carbocycles. The molecule has 0 rings (SSSR count). The minimum Gasteiger partial charge on any atom is -0.481 e. The molecule has 0 saturated heterocycles. The maximum absolute atomic E-state index is 11.5. The summed E-state index contributed by atoms with van der Waals surface area (Å²) in [6.45, 7) is 12.4. The molecule has 0 heterocycles. The van der Waals surface area contributed by atoms with Crippen LogP contribution >= 0.6 is 43.2 Å². The third-order valence-corrected chi connectivity index (χ3v) is 8.52. The quantitative estimate of drug-likeness (QED) is 0.111. The average Bonchev–Trinajstić information content (AvgIpc) is 2.74. The first kappa shape index (κ1) is 38.4. The summed E-state index contributed by atoms with van der Waals surface area (Å²) in [5.41, 5.74) is 4.56. The minimum atomic E-state index is -0.968. The predicted molar refractivity (Wildman–Crippen MR) is 159 cm³/mol. The van der Waals surface area contributed by atoms with Crippen LogP contribution in [0.1, 0.15) is 80.1 Å². The molecule has 0 aliphatic rings. The van der Waals surface area contributed by atoms with Gasteiger partial charge < -0.3 is 25.6 Å². The van der Waals surface area contributed by atoms with Gasteiger partial charge in [0, 0.05) is 55.4 Å². The Bertz CT molecular complexity index is 654. The molecule has 13 heteroatoms. The van der Waals surface area contributed by atoms with Crippen LogP contribution in [0, 0.1) is 0 Å². The van der Waals surface area contributed by atoms with Crippen LogP contribution in [-0.2, 0) is 28.7 Å². The summed E-state index contributed by atoms with van der Waals surface area (Å²) >= 11 is 0. The number of carbonyl (C=O) groups excluding carboxylic acids is 3. The standard InChI is InChI=1S/C14H25NO5S2.C10H21NO2S2/c1-14(2,3)20-13(19)5-4-9-21-22-10-8-15-11(16)6-7-12(17)18;1-10(2,3)13-9(12)5-4-7-14-15-8-6-11/h4-10H2,1-3H3,(H,15,16)(H,17,18);4-8,11H2,1-3H3. The Hall–Kier alpha value is -0.760. The predicted octanol–water partition coefficient (Wildman–Crippen LogP) is 4.92. The number of nitrogens with two attached hydrogens (primary N) is 1. The Kier molecular flexibility index (Phi) is 24.0. The van der Waals surface area contributed by atoms with Crippen LogP contribution < -0.4 is 11.1 Å². The van der Waals surface area contributed by atoms with E-state index in [1.165, 1.54) is 0 Å². The van der Waals surface area contributed by atoms with E-state index in [0.717, 1.165) is 35.9 Å². The lowest BCUT2D eigenvalue weighted by molar-refractivity contribution is -0.155. The second-order valence-electron chi connectivity index (χ2n) is 9.70. The van der Waals surface area contributed by atoms with Gasteiger partial charge in [0.1, 0.15) is 11.2 Å². The Balaban J connectivity index is 0. The first-order valence-electron chi connectivity index (χ1n) is 12.3. The molecule has 37 heavy (non-hydrogen) atoms. The monoisotopic (exact) mass is 602 g/mol. The summed E-state index contributed by atoms with van der Waals surface area (Å²) in [5, 5.41) is 11.1. The van der Waals surface area contributed by atoms with Gasteiger partial charge in [0.25, 0.3) is 0 Å². The van der Waals surface area contributed by atoms with E-state index in [0.29, 0.717) is 25.9 Å². The molecular formula is C24H46N2O7S4. The topological polar surface area (TPSA) is 145 Å². The van der Waals surface area contributed by atoms with Gasteiger partial charge in [-0.1, -0.05) is 43.2 Å². The van der Waals surface area contributed by atoms with E-state index in [1.54, 1.807) is 43.2 Å². The lowest BCUT2D eigenvalue weighted by Gasteiger charge is -2.19. The van der Waals surface area contributed by atoms with Crippen molar-refractivity contribution in [2.24, 2.45) is 5.73 Å². The Morgan fingerprint density at radius 3 is 1.54 bits per heavy atom. The highest BCUT2D eigenvalue weighted by molar-refractivity contribution is 8.77. The smallest absolute Gasteiger partial charge is 0.306 e. The molecular weight excluding hydrogens is 557 g/mol. The fourth-order valence-electron chi connectivity index (χ4n) is 2.16. The number of carbonyl (C=O) groups is 4. The number of hydrogen-bond donors (Lipinski definition) is 3. The van der Waals surface area contributed by atoms with Crippen molar-refractivity contribution >= 4 is 67.0 Å². The fourth-order valence-corrected chi connectivity index (χ4v) is 6.10. The van der Waals surface area contributed by atoms with E-state index in [-0.39, 0.29) is 36.3 Å². The van der Waals surface area contributed by atoms with Gasteiger partial charge in [-0.2, -0.15) is 0 Å². The molecule has 0 bridgehead atoms. The van der Waals surface area contributed by atoms with Gasteiger partial charge in [-0.25, -0.2) is 0 Å². The lowest BCUT2D eigenvalue weighted by Crippen LogP contribution is -2.25. The number of amides is 1. The Morgan fingerprint density at radius 1 is 0.703 bits per heavy atom. The minimum absolute atomic E-state index is 0.0169. The zero-order chi connectivity index (χ0) is 28.7. The van der Waals surface area contributed by atoms with Crippen LogP contribution in [0.25, 0.3) is 0 Å². The summed E-state index contributed by atoms with van der Waals surface area (Å²) < 4.78 is 10.4. The summed E-state index contributed by atoms with van der Waals surface area (Å²) in [6.07, 6.45) is 2.43. The van der Waals surface area contributed by atoms with Gasteiger partial charge in [-0.3, -0.25) is 19.2 Å². The highest BCUT2D eigenvalue weighted by Crippen LogP contribution is 2.23.